The Labute approximate surface area is 160 Å². The molecule has 3 heterocycles. The van der Waals surface area contributed by atoms with Crippen molar-refractivity contribution >= 4 is 39.6 Å². The second kappa shape index (κ2) is 8.61. The van der Waals surface area contributed by atoms with Crippen LogP contribution >= 0.6 is 22.7 Å². The molecule has 0 spiro atoms. The van der Waals surface area contributed by atoms with Gasteiger partial charge in [0, 0.05) is 23.3 Å². The second-order valence-corrected chi connectivity index (χ2v) is 8.06. The van der Waals surface area contributed by atoms with Crippen LogP contribution in [-0.2, 0) is 11.2 Å². The molecule has 1 fully saturated rings. The van der Waals surface area contributed by atoms with Crippen molar-refractivity contribution in [2.45, 2.75) is 26.7 Å². The Hall–Kier alpha value is -1.97. The first kappa shape index (κ1) is 18.8. The number of carbonyl (C=O) groups excluding carboxylic acids is 2. The first-order valence-corrected chi connectivity index (χ1v) is 10.3. The van der Waals surface area contributed by atoms with Crippen LogP contribution in [0.2, 0.25) is 0 Å². The molecule has 2 aromatic rings. The number of hydrogen-bond acceptors (Lipinski definition) is 7. The van der Waals surface area contributed by atoms with Crippen LogP contribution in [0.4, 0.5) is 5.13 Å². The maximum atomic E-state index is 12.2. The fourth-order valence-corrected chi connectivity index (χ4v) is 4.48. The molecule has 0 radical (unpaired) electrons. The van der Waals surface area contributed by atoms with E-state index in [1.54, 1.807) is 5.38 Å². The summed E-state index contributed by atoms with van der Waals surface area (Å²) >= 11 is 2.85. The molecule has 1 saturated heterocycles. The zero-order valence-electron chi connectivity index (χ0n) is 14.8. The van der Waals surface area contributed by atoms with Gasteiger partial charge in [0.25, 0.3) is 11.8 Å². The largest absolute Gasteiger partial charge is 0.378 e. The normalized spacial score (nSPS) is 14.3. The van der Waals surface area contributed by atoms with Crippen LogP contribution < -0.4 is 15.8 Å². The van der Waals surface area contributed by atoms with E-state index < -0.39 is 5.91 Å². The number of rotatable bonds is 5. The number of nitrogens with one attached hydrogen (secondary N) is 2. The topological polar surface area (TPSA) is 83.6 Å². The van der Waals surface area contributed by atoms with Crippen molar-refractivity contribution in [3.63, 3.8) is 0 Å². The molecule has 140 valence electrons. The van der Waals surface area contributed by atoms with Gasteiger partial charge in [-0.15, -0.1) is 22.7 Å². The molecule has 0 bridgehead atoms. The summed E-state index contributed by atoms with van der Waals surface area (Å²) in [7, 11) is 0. The van der Waals surface area contributed by atoms with E-state index in [-0.39, 0.29) is 5.91 Å². The zero-order valence-corrected chi connectivity index (χ0v) is 16.5. The van der Waals surface area contributed by atoms with E-state index in [0.717, 1.165) is 35.9 Å². The molecule has 2 N–H and O–H groups in total. The van der Waals surface area contributed by atoms with E-state index >= 15 is 0 Å². The highest BCUT2D eigenvalue weighted by Gasteiger charge is 2.18. The number of anilines is 1. The number of morpholine rings is 1. The van der Waals surface area contributed by atoms with Crippen molar-refractivity contribution in [3.05, 3.63) is 32.5 Å². The van der Waals surface area contributed by atoms with Gasteiger partial charge in [-0.3, -0.25) is 20.4 Å². The summed E-state index contributed by atoms with van der Waals surface area (Å²) in [6, 6.07) is 1.89. The zero-order chi connectivity index (χ0) is 18.5. The number of aromatic nitrogens is 1. The third-order valence-corrected chi connectivity index (χ3v) is 6.05. The van der Waals surface area contributed by atoms with Gasteiger partial charge in [0.2, 0.25) is 0 Å². The van der Waals surface area contributed by atoms with Crippen LogP contribution in [0.1, 0.15) is 43.9 Å². The van der Waals surface area contributed by atoms with Crippen molar-refractivity contribution in [1.29, 1.82) is 0 Å². The van der Waals surface area contributed by atoms with E-state index in [0.29, 0.717) is 23.8 Å². The van der Waals surface area contributed by atoms with Gasteiger partial charge in [-0.2, -0.15) is 0 Å². The minimum absolute atomic E-state index is 0.297. The molecular weight excluding hydrogens is 372 g/mol. The average Bonchev–Trinajstić information content (AvgIpc) is 3.28. The van der Waals surface area contributed by atoms with Crippen LogP contribution in [-0.4, -0.2) is 43.1 Å². The number of carbonyl (C=O) groups is 2. The lowest BCUT2D eigenvalue weighted by atomic mass is 10.1. The van der Waals surface area contributed by atoms with Crippen LogP contribution in [0.5, 0.6) is 0 Å². The van der Waals surface area contributed by atoms with E-state index in [9.17, 15) is 9.59 Å². The predicted molar refractivity (Wildman–Crippen MR) is 103 cm³/mol. The summed E-state index contributed by atoms with van der Waals surface area (Å²) < 4.78 is 5.32. The second-order valence-electron chi connectivity index (χ2n) is 5.97. The molecule has 2 aromatic heterocycles. The average molecular weight is 395 g/mol. The van der Waals surface area contributed by atoms with E-state index in [2.05, 4.69) is 27.7 Å². The molecule has 9 heteroatoms. The molecule has 7 nitrogen and oxygen atoms in total. The number of amides is 2. The summed E-state index contributed by atoms with van der Waals surface area (Å²) in [5, 5.41) is 2.49. The fourth-order valence-electron chi connectivity index (χ4n) is 2.66. The Morgan fingerprint density at radius 1 is 1.27 bits per heavy atom. The molecule has 26 heavy (non-hydrogen) atoms. The molecule has 0 aromatic carbocycles. The number of thiophene rings is 1. The molecule has 1 aliphatic heterocycles. The molecule has 0 aliphatic carbocycles. The highest BCUT2D eigenvalue weighted by atomic mass is 32.1. The van der Waals surface area contributed by atoms with Gasteiger partial charge in [-0.25, -0.2) is 4.98 Å². The van der Waals surface area contributed by atoms with Gasteiger partial charge in [-0.05, 0) is 25.0 Å². The van der Waals surface area contributed by atoms with Crippen molar-refractivity contribution in [3.8, 4) is 0 Å². The predicted octanol–water partition coefficient (Wildman–Crippen LogP) is 2.38. The first-order chi connectivity index (χ1) is 12.6. The number of hydrogen-bond donors (Lipinski definition) is 2. The van der Waals surface area contributed by atoms with Crippen molar-refractivity contribution in [1.82, 2.24) is 15.8 Å². The van der Waals surface area contributed by atoms with Crippen LogP contribution in [0, 0.1) is 6.92 Å². The maximum absolute atomic E-state index is 12.2. The summed E-state index contributed by atoms with van der Waals surface area (Å²) in [5.41, 5.74) is 6.40. The van der Waals surface area contributed by atoms with Gasteiger partial charge >= 0.3 is 0 Å². The minimum Gasteiger partial charge on any atom is -0.378 e. The van der Waals surface area contributed by atoms with Crippen molar-refractivity contribution < 1.29 is 14.3 Å². The van der Waals surface area contributed by atoms with Gasteiger partial charge < -0.3 is 9.64 Å². The summed E-state index contributed by atoms with van der Waals surface area (Å²) in [5.74, 6) is -0.728. The molecule has 0 unspecified atom stereocenters. The Morgan fingerprint density at radius 3 is 2.73 bits per heavy atom. The van der Waals surface area contributed by atoms with Crippen LogP contribution in [0.3, 0.4) is 0 Å². The third-order valence-electron chi connectivity index (χ3n) is 4.06. The molecule has 0 saturated carbocycles. The van der Waals surface area contributed by atoms with Gasteiger partial charge in [0.05, 0.1) is 18.1 Å². The Bertz CT molecular complexity index is 781. The van der Waals surface area contributed by atoms with Crippen LogP contribution in [0.15, 0.2) is 11.4 Å². The van der Waals surface area contributed by atoms with Gasteiger partial charge in [0.15, 0.2) is 5.13 Å². The van der Waals surface area contributed by atoms with E-state index in [4.69, 9.17) is 4.74 Å². The first-order valence-electron chi connectivity index (χ1n) is 8.56. The van der Waals surface area contributed by atoms with E-state index in [1.807, 2.05) is 13.0 Å². The maximum Gasteiger partial charge on any atom is 0.289 e. The standard InChI is InChI=1S/C17H22N4O3S2/c1-3-4-12-9-14(26-11(12)2)16(23)20-19-15(22)13-10-25-17(18-13)21-5-7-24-8-6-21/h9-10H,3-8H2,1-2H3,(H,19,22)(H,20,23). The highest BCUT2D eigenvalue weighted by Crippen LogP contribution is 2.23. The van der Waals surface area contributed by atoms with Crippen molar-refractivity contribution in [2.24, 2.45) is 0 Å². The number of ether oxygens (including phenoxy) is 1. The lowest BCUT2D eigenvalue weighted by Crippen LogP contribution is -2.41. The molecule has 1 aliphatic rings. The van der Waals surface area contributed by atoms with Gasteiger partial charge in [-0.1, -0.05) is 13.3 Å². The summed E-state index contributed by atoms with van der Waals surface area (Å²) in [6.45, 7) is 6.98. The minimum atomic E-state index is -0.420. The molecule has 2 amide bonds. The van der Waals surface area contributed by atoms with E-state index in [1.165, 1.54) is 28.2 Å². The van der Waals surface area contributed by atoms with Crippen molar-refractivity contribution in [2.75, 3.05) is 31.2 Å². The fraction of sp³-hybridized carbons (Fsp3) is 0.471. The van der Waals surface area contributed by atoms with Gasteiger partial charge in [0.1, 0.15) is 5.69 Å². The lowest BCUT2D eigenvalue weighted by molar-refractivity contribution is 0.0846. The summed E-state index contributed by atoms with van der Waals surface area (Å²) in [4.78, 5) is 32.7. The Morgan fingerprint density at radius 2 is 2.00 bits per heavy atom. The quantitative estimate of drug-likeness (QED) is 0.761. The monoisotopic (exact) mass is 394 g/mol. The summed E-state index contributed by atoms with van der Waals surface area (Å²) in [6.07, 6.45) is 1.98. The lowest BCUT2D eigenvalue weighted by Gasteiger charge is -2.25. The third kappa shape index (κ3) is 4.40. The molecular formula is C17H22N4O3S2. The van der Waals surface area contributed by atoms with Crippen LogP contribution in [0.25, 0.3) is 0 Å². The number of hydrazine groups is 1. The molecule has 3 rings (SSSR count). The smallest absolute Gasteiger partial charge is 0.289 e. The number of nitrogens with zero attached hydrogens (tertiary/aromatic N) is 2. The number of aryl methyl sites for hydroxylation is 2. The Balaban J connectivity index is 1.56. The highest BCUT2D eigenvalue weighted by molar-refractivity contribution is 7.14. The Kier molecular flexibility index (Phi) is 6.23. The SMILES string of the molecule is CCCc1cc(C(=O)NNC(=O)c2csc(N3CCOCC3)n2)sc1C. The molecule has 0 atom stereocenters. The number of thiazole rings is 1.